The van der Waals surface area contributed by atoms with Gasteiger partial charge < -0.3 is 16.2 Å². The van der Waals surface area contributed by atoms with Gasteiger partial charge in [0.15, 0.2) is 0 Å². The van der Waals surface area contributed by atoms with E-state index in [0.717, 1.165) is 31.2 Å². The first-order valence-electron chi connectivity index (χ1n) is 7.32. The lowest BCUT2D eigenvalue weighted by Crippen LogP contribution is -2.47. The van der Waals surface area contributed by atoms with Crippen molar-refractivity contribution in [3.63, 3.8) is 0 Å². The number of carbonyl (C=O) groups excluding carboxylic acids is 1. The number of hydrogen-bond acceptors (Lipinski definition) is 3. The van der Waals surface area contributed by atoms with Crippen molar-refractivity contribution in [2.45, 2.75) is 39.2 Å². The topological polar surface area (TPSA) is 75.4 Å². The molecule has 1 saturated carbocycles. The van der Waals surface area contributed by atoms with Gasteiger partial charge in [0.05, 0.1) is 5.41 Å². The van der Waals surface area contributed by atoms with Gasteiger partial charge in [-0.25, -0.2) is 0 Å². The second kappa shape index (κ2) is 6.27. The normalized spacial score (nSPS) is 26.2. The van der Waals surface area contributed by atoms with E-state index in [-0.39, 0.29) is 11.7 Å². The maximum atomic E-state index is 12.5. The number of benzene rings is 1. The first kappa shape index (κ1) is 14.9. The van der Waals surface area contributed by atoms with Crippen LogP contribution in [0.2, 0.25) is 0 Å². The summed E-state index contributed by atoms with van der Waals surface area (Å²) >= 11 is 0. The van der Waals surface area contributed by atoms with Gasteiger partial charge in [0.2, 0.25) is 5.91 Å². The average molecular weight is 276 g/mol. The summed E-state index contributed by atoms with van der Waals surface area (Å²) in [5, 5.41) is 12.7. The van der Waals surface area contributed by atoms with E-state index in [2.05, 4.69) is 12.2 Å². The van der Waals surface area contributed by atoms with Gasteiger partial charge >= 0.3 is 0 Å². The molecular formula is C16H24N2O2. The van der Waals surface area contributed by atoms with Crippen molar-refractivity contribution in [2.75, 3.05) is 6.54 Å². The van der Waals surface area contributed by atoms with Gasteiger partial charge in [-0.1, -0.05) is 25.1 Å². The second-order valence-electron chi connectivity index (χ2n) is 5.98. The van der Waals surface area contributed by atoms with Gasteiger partial charge in [0.25, 0.3) is 0 Å². The molecule has 1 aromatic rings. The van der Waals surface area contributed by atoms with Crippen LogP contribution < -0.4 is 11.1 Å². The van der Waals surface area contributed by atoms with Gasteiger partial charge in [-0.3, -0.25) is 4.79 Å². The van der Waals surface area contributed by atoms with Crippen LogP contribution in [0.5, 0.6) is 5.75 Å². The molecule has 4 nitrogen and oxygen atoms in total. The summed E-state index contributed by atoms with van der Waals surface area (Å²) in [7, 11) is 0. The number of amides is 1. The van der Waals surface area contributed by atoms with Crippen LogP contribution in [0.3, 0.4) is 0 Å². The van der Waals surface area contributed by atoms with E-state index in [1.54, 1.807) is 12.1 Å². The Balaban J connectivity index is 1.98. The maximum absolute atomic E-state index is 12.5. The molecule has 2 rings (SSSR count). The van der Waals surface area contributed by atoms with Gasteiger partial charge in [0.1, 0.15) is 5.75 Å². The predicted molar refractivity (Wildman–Crippen MR) is 79.1 cm³/mol. The number of phenols is 1. The molecule has 0 radical (unpaired) electrons. The second-order valence-corrected chi connectivity index (χ2v) is 5.98. The Bertz CT molecular complexity index is 465. The molecule has 1 amide bonds. The van der Waals surface area contributed by atoms with Crippen LogP contribution in [0.25, 0.3) is 0 Å². The molecule has 110 valence electrons. The minimum Gasteiger partial charge on any atom is -0.508 e. The molecular weight excluding hydrogens is 252 g/mol. The van der Waals surface area contributed by atoms with Crippen molar-refractivity contribution in [3.8, 4) is 5.75 Å². The van der Waals surface area contributed by atoms with Gasteiger partial charge in [-0.05, 0) is 37.7 Å². The molecule has 0 aliphatic heterocycles. The zero-order valence-corrected chi connectivity index (χ0v) is 12.1. The quantitative estimate of drug-likeness (QED) is 0.789. The van der Waals surface area contributed by atoms with E-state index < -0.39 is 5.41 Å². The third kappa shape index (κ3) is 3.12. The SMILES string of the molecule is CC1CCC(CN)(C(=O)NCc2ccccc2O)CC1. The molecule has 1 aromatic carbocycles. The van der Waals surface area contributed by atoms with Crippen molar-refractivity contribution in [1.82, 2.24) is 5.32 Å². The number of para-hydroxylation sites is 1. The van der Waals surface area contributed by atoms with E-state index in [4.69, 9.17) is 5.73 Å². The Morgan fingerprint density at radius 2 is 2.05 bits per heavy atom. The standard InChI is InChI=1S/C16H24N2O2/c1-12-6-8-16(11-17,9-7-12)15(20)18-10-13-4-2-3-5-14(13)19/h2-5,12,19H,6-11,17H2,1H3,(H,18,20). The fraction of sp³-hybridized carbons (Fsp3) is 0.562. The molecule has 0 atom stereocenters. The van der Waals surface area contributed by atoms with Crippen LogP contribution in [-0.2, 0) is 11.3 Å². The third-order valence-electron chi connectivity index (χ3n) is 4.53. The van der Waals surface area contributed by atoms with Crippen molar-refractivity contribution >= 4 is 5.91 Å². The smallest absolute Gasteiger partial charge is 0.227 e. The van der Waals surface area contributed by atoms with Crippen LogP contribution in [-0.4, -0.2) is 17.6 Å². The molecule has 1 aliphatic rings. The lowest BCUT2D eigenvalue weighted by Gasteiger charge is -2.37. The third-order valence-corrected chi connectivity index (χ3v) is 4.53. The monoisotopic (exact) mass is 276 g/mol. The Morgan fingerprint density at radius 1 is 1.40 bits per heavy atom. The molecule has 0 unspecified atom stereocenters. The number of hydrogen-bond donors (Lipinski definition) is 3. The molecule has 4 N–H and O–H groups in total. The maximum Gasteiger partial charge on any atom is 0.227 e. The van der Waals surface area contributed by atoms with Crippen molar-refractivity contribution in [1.29, 1.82) is 0 Å². The van der Waals surface area contributed by atoms with E-state index in [1.807, 2.05) is 12.1 Å². The Labute approximate surface area is 120 Å². The molecule has 0 aromatic heterocycles. The van der Waals surface area contributed by atoms with Crippen LogP contribution in [0.4, 0.5) is 0 Å². The van der Waals surface area contributed by atoms with Crippen LogP contribution >= 0.6 is 0 Å². The van der Waals surface area contributed by atoms with E-state index in [0.29, 0.717) is 19.0 Å². The number of rotatable bonds is 4. The lowest BCUT2D eigenvalue weighted by atomic mass is 9.70. The minimum absolute atomic E-state index is 0.0233. The predicted octanol–water partition coefficient (Wildman–Crippen LogP) is 2.16. The Kier molecular flexibility index (Phi) is 4.65. The summed E-state index contributed by atoms with van der Waals surface area (Å²) in [5.41, 5.74) is 6.19. The molecule has 20 heavy (non-hydrogen) atoms. The number of carbonyl (C=O) groups is 1. The van der Waals surface area contributed by atoms with Crippen LogP contribution in [0.1, 0.15) is 38.2 Å². The number of nitrogens with one attached hydrogen (secondary N) is 1. The largest absolute Gasteiger partial charge is 0.508 e. The molecule has 0 saturated heterocycles. The minimum atomic E-state index is -0.420. The van der Waals surface area contributed by atoms with Crippen molar-refractivity contribution in [3.05, 3.63) is 29.8 Å². The summed E-state index contributed by atoms with van der Waals surface area (Å²) in [6, 6.07) is 7.06. The number of nitrogens with two attached hydrogens (primary N) is 1. The van der Waals surface area contributed by atoms with Gasteiger partial charge in [0, 0.05) is 18.7 Å². The molecule has 0 spiro atoms. The fourth-order valence-corrected chi connectivity index (χ4v) is 2.86. The highest BCUT2D eigenvalue weighted by molar-refractivity contribution is 5.83. The average Bonchev–Trinajstić information content (AvgIpc) is 2.47. The first-order chi connectivity index (χ1) is 9.57. The molecule has 0 bridgehead atoms. The number of phenolic OH excluding ortho intramolecular Hbond substituents is 1. The summed E-state index contributed by atoms with van der Waals surface area (Å²) in [5.74, 6) is 0.919. The van der Waals surface area contributed by atoms with Crippen LogP contribution in [0, 0.1) is 11.3 Å². The van der Waals surface area contributed by atoms with Crippen molar-refractivity contribution in [2.24, 2.45) is 17.1 Å². The van der Waals surface area contributed by atoms with E-state index in [9.17, 15) is 9.90 Å². The zero-order valence-electron chi connectivity index (χ0n) is 12.1. The highest BCUT2D eigenvalue weighted by Gasteiger charge is 2.39. The summed E-state index contributed by atoms with van der Waals surface area (Å²) in [6.07, 6.45) is 3.83. The fourth-order valence-electron chi connectivity index (χ4n) is 2.86. The summed E-state index contributed by atoms with van der Waals surface area (Å²) in [4.78, 5) is 12.5. The highest BCUT2D eigenvalue weighted by Crippen LogP contribution is 2.38. The summed E-state index contributed by atoms with van der Waals surface area (Å²) < 4.78 is 0. The van der Waals surface area contributed by atoms with Crippen LogP contribution in [0.15, 0.2) is 24.3 Å². The van der Waals surface area contributed by atoms with E-state index >= 15 is 0 Å². The zero-order chi connectivity index (χ0) is 14.6. The molecule has 4 heteroatoms. The highest BCUT2D eigenvalue weighted by atomic mass is 16.3. The first-order valence-corrected chi connectivity index (χ1v) is 7.32. The molecule has 1 fully saturated rings. The number of aromatic hydroxyl groups is 1. The van der Waals surface area contributed by atoms with Crippen molar-refractivity contribution < 1.29 is 9.90 Å². The van der Waals surface area contributed by atoms with E-state index in [1.165, 1.54) is 0 Å². The van der Waals surface area contributed by atoms with Gasteiger partial charge in [-0.2, -0.15) is 0 Å². The Hall–Kier alpha value is -1.55. The summed E-state index contributed by atoms with van der Waals surface area (Å²) in [6.45, 7) is 2.97. The Morgan fingerprint density at radius 3 is 2.65 bits per heavy atom. The lowest BCUT2D eigenvalue weighted by molar-refractivity contribution is -0.133. The molecule has 0 heterocycles. The van der Waals surface area contributed by atoms with Gasteiger partial charge in [-0.15, -0.1) is 0 Å². The molecule has 1 aliphatic carbocycles.